The van der Waals surface area contributed by atoms with Crippen LogP contribution in [-0.4, -0.2) is 60.5 Å². The summed E-state index contributed by atoms with van der Waals surface area (Å²) < 4.78 is 5.39. The molecule has 1 fully saturated rings. The highest BCUT2D eigenvalue weighted by atomic mass is 32.2. The number of benzene rings is 2. The van der Waals surface area contributed by atoms with E-state index in [4.69, 9.17) is 4.74 Å². The number of ether oxygens (including phenoxy) is 1. The van der Waals surface area contributed by atoms with E-state index < -0.39 is 0 Å². The molecule has 1 aliphatic rings. The van der Waals surface area contributed by atoms with E-state index in [1.54, 1.807) is 31.9 Å². The van der Waals surface area contributed by atoms with Crippen molar-refractivity contribution in [3.05, 3.63) is 65.2 Å². The number of nitrogens with zero attached hydrogens (tertiary/aromatic N) is 2. The molecule has 2 aromatic rings. The molecule has 2 aromatic carbocycles. The van der Waals surface area contributed by atoms with Crippen molar-refractivity contribution in [2.24, 2.45) is 0 Å². The summed E-state index contributed by atoms with van der Waals surface area (Å²) in [5.41, 5.74) is 2.93. The number of ketones is 1. The Morgan fingerprint density at radius 2 is 1.76 bits per heavy atom. The number of carbonyl (C=O) groups is 2. The molecule has 0 aliphatic carbocycles. The minimum atomic E-state index is 0.0309. The Kier molecular flexibility index (Phi) is 7.72. The van der Waals surface area contributed by atoms with Crippen molar-refractivity contribution < 1.29 is 14.3 Å². The lowest BCUT2D eigenvalue weighted by Gasteiger charge is -2.34. The number of hydrogen-bond donors (Lipinski definition) is 0. The van der Waals surface area contributed by atoms with E-state index in [1.807, 2.05) is 23.1 Å². The van der Waals surface area contributed by atoms with Gasteiger partial charge in [0.1, 0.15) is 5.75 Å². The summed E-state index contributed by atoms with van der Waals surface area (Å²) in [7, 11) is 1.62. The number of amides is 1. The van der Waals surface area contributed by atoms with Gasteiger partial charge in [0.2, 0.25) is 5.91 Å². The normalized spacial score (nSPS) is 14.6. The van der Waals surface area contributed by atoms with E-state index in [0.29, 0.717) is 17.1 Å². The van der Waals surface area contributed by atoms with Gasteiger partial charge in [0.25, 0.3) is 0 Å². The van der Waals surface area contributed by atoms with Gasteiger partial charge in [-0.05, 0) is 30.7 Å². The maximum absolute atomic E-state index is 12.6. The Bertz CT molecular complexity index is 833. The molecule has 1 aliphatic heterocycles. The van der Waals surface area contributed by atoms with Gasteiger partial charge < -0.3 is 9.64 Å². The number of piperazine rings is 1. The first-order valence-electron chi connectivity index (χ1n) is 9.86. The van der Waals surface area contributed by atoms with E-state index in [9.17, 15) is 9.59 Å². The fourth-order valence-corrected chi connectivity index (χ4v) is 4.35. The average molecular weight is 413 g/mol. The Morgan fingerprint density at radius 3 is 2.41 bits per heavy atom. The van der Waals surface area contributed by atoms with Crippen LogP contribution in [0.1, 0.15) is 28.4 Å². The molecule has 0 radical (unpaired) electrons. The van der Waals surface area contributed by atoms with Crippen LogP contribution in [0.2, 0.25) is 0 Å². The fraction of sp³-hybridized carbons (Fsp3) is 0.391. The van der Waals surface area contributed by atoms with E-state index in [2.05, 4.69) is 29.2 Å². The summed E-state index contributed by atoms with van der Waals surface area (Å²) in [6.07, 6.45) is 0. The molecule has 154 valence electrons. The second-order valence-electron chi connectivity index (χ2n) is 7.22. The van der Waals surface area contributed by atoms with Gasteiger partial charge in [0.05, 0.1) is 12.9 Å². The fourth-order valence-electron chi connectivity index (χ4n) is 3.45. The SMILES string of the molecule is COc1ccc(C(C)=O)cc1CSCC(=O)N1CCN(Cc2ccccc2)CC1. The quantitative estimate of drug-likeness (QED) is 0.622. The van der Waals surface area contributed by atoms with Gasteiger partial charge in [0.15, 0.2) is 5.78 Å². The molecule has 0 saturated carbocycles. The molecule has 0 N–H and O–H groups in total. The summed E-state index contributed by atoms with van der Waals surface area (Å²) in [6, 6.07) is 15.9. The Balaban J connectivity index is 1.45. The molecule has 0 bridgehead atoms. The van der Waals surface area contributed by atoms with Crippen LogP contribution in [0.3, 0.4) is 0 Å². The maximum atomic E-state index is 12.6. The monoisotopic (exact) mass is 412 g/mol. The highest BCUT2D eigenvalue weighted by Gasteiger charge is 2.21. The predicted molar refractivity (Wildman–Crippen MR) is 117 cm³/mol. The molecule has 5 nitrogen and oxygen atoms in total. The molecule has 1 heterocycles. The van der Waals surface area contributed by atoms with Gasteiger partial charge in [-0.2, -0.15) is 0 Å². The average Bonchev–Trinajstić information content (AvgIpc) is 2.74. The molecule has 1 amide bonds. The molecular formula is C23H28N2O3S. The van der Waals surface area contributed by atoms with Crippen LogP contribution in [0.5, 0.6) is 5.75 Å². The predicted octanol–water partition coefficient (Wildman–Crippen LogP) is 3.48. The van der Waals surface area contributed by atoms with Crippen LogP contribution in [-0.2, 0) is 17.1 Å². The first-order valence-corrected chi connectivity index (χ1v) is 11.0. The third kappa shape index (κ3) is 6.08. The van der Waals surface area contributed by atoms with E-state index in [-0.39, 0.29) is 11.7 Å². The van der Waals surface area contributed by atoms with Gasteiger partial charge in [-0.25, -0.2) is 0 Å². The van der Waals surface area contributed by atoms with E-state index in [0.717, 1.165) is 44.0 Å². The highest BCUT2D eigenvalue weighted by Crippen LogP contribution is 2.25. The van der Waals surface area contributed by atoms with Crippen LogP contribution in [0.4, 0.5) is 0 Å². The summed E-state index contributed by atoms with van der Waals surface area (Å²) in [5.74, 6) is 2.04. The van der Waals surface area contributed by atoms with Crippen molar-refractivity contribution in [1.82, 2.24) is 9.80 Å². The van der Waals surface area contributed by atoms with Gasteiger partial charge in [-0.1, -0.05) is 30.3 Å². The largest absolute Gasteiger partial charge is 0.496 e. The summed E-state index contributed by atoms with van der Waals surface area (Å²) in [6.45, 7) is 5.84. The molecule has 0 aromatic heterocycles. The van der Waals surface area contributed by atoms with Crippen molar-refractivity contribution in [2.75, 3.05) is 39.0 Å². The standard InChI is InChI=1S/C23H28N2O3S/c1-18(26)20-8-9-22(28-2)21(14-20)16-29-17-23(27)25-12-10-24(11-13-25)15-19-6-4-3-5-7-19/h3-9,14H,10-13,15-17H2,1-2H3. The Hall–Kier alpha value is -2.31. The molecule has 6 heteroatoms. The topological polar surface area (TPSA) is 49.9 Å². The molecule has 0 unspecified atom stereocenters. The van der Waals surface area contributed by atoms with Crippen LogP contribution < -0.4 is 4.74 Å². The number of methoxy groups -OCH3 is 1. The second-order valence-corrected chi connectivity index (χ2v) is 8.20. The number of carbonyl (C=O) groups excluding carboxylic acids is 2. The van der Waals surface area contributed by atoms with Crippen LogP contribution >= 0.6 is 11.8 Å². The van der Waals surface area contributed by atoms with Crippen molar-refractivity contribution in [1.29, 1.82) is 0 Å². The lowest BCUT2D eigenvalue weighted by atomic mass is 10.1. The van der Waals surface area contributed by atoms with Gasteiger partial charge >= 0.3 is 0 Å². The van der Waals surface area contributed by atoms with Gasteiger partial charge in [0, 0.05) is 49.6 Å². The lowest BCUT2D eigenvalue weighted by molar-refractivity contribution is -0.130. The third-order valence-electron chi connectivity index (χ3n) is 5.14. The zero-order valence-electron chi connectivity index (χ0n) is 17.1. The highest BCUT2D eigenvalue weighted by molar-refractivity contribution is 7.99. The van der Waals surface area contributed by atoms with E-state index >= 15 is 0 Å². The third-order valence-corrected chi connectivity index (χ3v) is 6.11. The van der Waals surface area contributed by atoms with Gasteiger partial charge in [-0.15, -0.1) is 11.8 Å². The molecule has 1 saturated heterocycles. The van der Waals surface area contributed by atoms with Crippen molar-refractivity contribution >= 4 is 23.5 Å². The van der Waals surface area contributed by atoms with Crippen molar-refractivity contribution in [2.45, 2.75) is 19.2 Å². The first kappa shape index (κ1) is 21.4. The van der Waals surface area contributed by atoms with Gasteiger partial charge in [-0.3, -0.25) is 14.5 Å². The second kappa shape index (κ2) is 10.5. The van der Waals surface area contributed by atoms with Crippen molar-refractivity contribution in [3.8, 4) is 5.75 Å². The maximum Gasteiger partial charge on any atom is 0.232 e. The summed E-state index contributed by atoms with van der Waals surface area (Å²) in [5, 5.41) is 0. The minimum Gasteiger partial charge on any atom is -0.496 e. The summed E-state index contributed by atoms with van der Waals surface area (Å²) in [4.78, 5) is 28.5. The Morgan fingerprint density at radius 1 is 1.03 bits per heavy atom. The molecule has 0 atom stereocenters. The molecular weight excluding hydrogens is 384 g/mol. The van der Waals surface area contributed by atoms with E-state index in [1.165, 1.54) is 5.56 Å². The number of thioether (sulfide) groups is 1. The molecule has 0 spiro atoms. The smallest absolute Gasteiger partial charge is 0.232 e. The zero-order valence-corrected chi connectivity index (χ0v) is 17.9. The van der Waals surface area contributed by atoms with Crippen LogP contribution in [0.15, 0.2) is 48.5 Å². The van der Waals surface area contributed by atoms with Crippen LogP contribution in [0.25, 0.3) is 0 Å². The first-order chi connectivity index (χ1) is 14.1. The zero-order chi connectivity index (χ0) is 20.6. The Labute approximate surface area is 177 Å². The number of rotatable bonds is 8. The summed E-state index contributed by atoms with van der Waals surface area (Å²) >= 11 is 1.57. The molecule has 3 rings (SSSR count). The van der Waals surface area contributed by atoms with Crippen LogP contribution in [0, 0.1) is 0 Å². The van der Waals surface area contributed by atoms with Crippen molar-refractivity contribution in [3.63, 3.8) is 0 Å². The number of hydrogen-bond acceptors (Lipinski definition) is 5. The number of Topliss-reactive ketones (excluding diaryl/α,β-unsaturated/α-hetero) is 1. The molecule has 29 heavy (non-hydrogen) atoms. The minimum absolute atomic E-state index is 0.0309. The lowest BCUT2D eigenvalue weighted by Crippen LogP contribution is -2.48.